The molecule has 0 bridgehead atoms. The number of aromatic amines is 1. The highest BCUT2D eigenvalue weighted by Crippen LogP contribution is 2.25. The number of hydrogen-bond acceptors (Lipinski definition) is 4. The van der Waals surface area contributed by atoms with Crippen LogP contribution in [0.4, 0.5) is 5.82 Å². The maximum Gasteiger partial charge on any atom is 0.260 e. The van der Waals surface area contributed by atoms with Crippen LogP contribution in [0, 0.1) is 0 Å². The lowest BCUT2D eigenvalue weighted by molar-refractivity contribution is 0.102. The minimum absolute atomic E-state index is 0.281. The zero-order chi connectivity index (χ0) is 16.9. The summed E-state index contributed by atoms with van der Waals surface area (Å²) in [7, 11) is 0. The Bertz CT molecular complexity index is 828. The van der Waals surface area contributed by atoms with Crippen LogP contribution in [0.15, 0.2) is 54.9 Å². The number of para-hydroxylation sites is 1. The highest BCUT2D eigenvalue weighted by Gasteiger charge is 2.15. The molecule has 0 spiro atoms. The second kappa shape index (κ2) is 6.95. The van der Waals surface area contributed by atoms with Crippen molar-refractivity contribution in [3.05, 3.63) is 66.1 Å². The van der Waals surface area contributed by atoms with E-state index in [4.69, 9.17) is 4.74 Å². The number of nitrogens with one attached hydrogen (secondary N) is 2. The molecule has 0 saturated heterocycles. The fourth-order valence-electron chi connectivity index (χ4n) is 2.16. The molecule has 0 aliphatic rings. The van der Waals surface area contributed by atoms with E-state index in [1.807, 2.05) is 12.1 Å². The smallest absolute Gasteiger partial charge is 0.260 e. The minimum Gasteiger partial charge on any atom is -0.455 e. The van der Waals surface area contributed by atoms with E-state index in [1.54, 1.807) is 42.7 Å². The maximum absolute atomic E-state index is 12.5. The SMILES string of the molecule is CC(C)c1cc(NC(=O)c2ccccc2Oc2cccnc2)n[nH]1. The lowest BCUT2D eigenvalue weighted by Crippen LogP contribution is -2.13. The largest absolute Gasteiger partial charge is 0.455 e. The molecule has 2 heterocycles. The number of aromatic nitrogens is 3. The van der Waals surface area contributed by atoms with Crippen LogP contribution in [0.25, 0.3) is 0 Å². The Hall–Kier alpha value is -3.15. The predicted octanol–water partition coefficient (Wildman–Crippen LogP) is 3.97. The van der Waals surface area contributed by atoms with Crippen molar-refractivity contribution in [2.45, 2.75) is 19.8 Å². The molecule has 1 aromatic carbocycles. The number of pyridine rings is 1. The number of rotatable bonds is 5. The first-order valence-corrected chi connectivity index (χ1v) is 7.67. The number of benzene rings is 1. The molecule has 3 aromatic rings. The van der Waals surface area contributed by atoms with E-state index in [-0.39, 0.29) is 5.91 Å². The van der Waals surface area contributed by atoms with Crippen LogP contribution in [-0.2, 0) is 0 Å². The molecule has 0 aliphatic heterocycles. The quantitative estimate of drug-likeness (QED) is 0.745. The summed E-state index contributed by atoms with van der Waals surface area (Å²) in [5, 5.41) is 9.80. The van der Waals surface area contributed by atoms with Crippen molar-refractivity contribution in [3.8, 4) is 11.5 Å². The van der Waals surface area contributed by atoms with Crippen molar-refractivity contribution >= 4 is 11.7 Å². The standard InChI is InChI=1S/C18H18N4O2/c1-12(2)15-10-17(22-21-15)20-18(23)14-7-3-4-8-16(14)24-13-6-5-9-19-11-13/h3-12H,1-2H3,(H2,20,21,22,23). The van der Waals surface area contributed by atoms with Gasteiger partial charge in [0, 0.05) is 18.0 Å². The van der Waals surface area contributed by atoms with E-state index < -0.39 is 0 Å². The van der Waals surface area contributed by atoms with Gasteiger partial charge in [-0.2, -0.15) is 5.10 Å². The number of amides is 1. The molecule has 0 unspecified atom stereocenters. The van der Waals surface area contributed by atoms with Gasteiger partial charge in [-0.15, -0.1) is 0 Å². The van der Waals surface area contributed by atoms with Crippen LogP contribution in [0.2, 0.25) is 0 Å². The average Bonchev–Trinajstić information content (AvgIpc) is 3.05. The molecule has 0 saturated carbocycles. The highest BCUT2D eigenvalue weighted by atomic mass is 16.5. The van der Waals surface area contributed by atoms with E-state index >= 15 is 0 Å². The molecule has 6 heteroatoms. The van der Waals surface area contributed by atoms with Crippen LogP contribution in [0.5, 0.6) is 11.5 Å². The normalized spacial score (nSPS) is 10.6. The summed E-state index contributed by atoms with van der Waals surface area (Å²) in [5.74, 6) is 1.54. The minimum atomic E-state index is -0.281. The summed E-state index contributed by atoms with van der Waals surface area (Å²) in [5.41, 5.74) is 1.39. The van der Waals surface area contributed by atoms with Gasteiger partial charge in [0.2, 0.25) is 0 Å². The second-order valence-electron chi connectivity index (χ2n) is 5.60. The third kappa shape index (κ3) is 3.60. The van der Waals surface area contributed by atoms with Crippen LogP contribution < -0.4 is 10.1 Å². The Labute approximate surface area is 139 Å². The highest BCUT2D eigenvalue weighted by molar-refractivity contribution is 6.05. The summed E-state index contributed by atoms with van der Waals surface area (Å²) in [6, 6.07) is 12.4. The van der Waals surface area contributed by atoms with E-state index in [9.17, 15) is 4.79 Å². The van der Waals surface area contributed by atoms with Crippen molar-refractivity contribution in [3.63, 3.8) is 0 Å². The molecule has 6 nitrogen and oxygen atoms in total. The van der Waals surface area contributed by atoms with Crippen LogP contribution in [0.3, 0.4) is 0 Å². The summed E-state index contributed by atoms with van der Waals surface area (Å²) < 4.78 is 5.76. The van der Waals surface area contributed by atoms with E-state index in [1.165, 1.54) is 0 Å². The van der Waals surface area contributed by atoms with Crippen molar-refractivity contribution in [1.82, 2.24) is 15.2 Å². The number of carbonyl (C=O) groups is 1. The molecule has 0 radical (unpaired) electrons. The van der Waals surface area contributed by atoms with E-state index in [0.29, 0.717) is 28.8 Å². The first kappa shape index (κ1) is 15.7. The topological polar surface area (TPSA) is 79.9 Å². The number of ether oxygens (including phenoxy) is 1. The average molecular weight is 322 g/mol. The zero-order valence-electron chi connectivity index (χ0n) is 13.5. The number of H-pyrrole nitrogens is 1. The molecule has 122 valence electrons. The van der Waals surface area contributed by atoms with E-state index in [0.717, 1.165) is 5.69 Å². The summed E-state index contributed by atoms with van der Waals surface area (Å²) in [4.78, 5) is 16.5. The molecule has 2 N–H and O–H groups in total. The Morgan fingerprint density at radius 2 is 2.04 bits per heavy atom. The van der Waals surface area contributed by atoms with Crippen molar-refractivity contribution in [1.29, 1.82) is 0 Å². The fourth-order valence-corrected chi connectivity index (χ4v) is 2.16. The molecule has 0 fully saturated rings. The van der Waals surface area contributed by atoms with Gasteiger partial charge in [-0.1, -0.05) is 26.0 Å². The van der Waals surface area contributed by atoms with Gasteiger partial charge in [-0.05, 0) is 30.2 Å². The van der Waals surface area contributed by atoms with Crippen molar-refractivity contribution in [2.24, 2.45) is 0 Å². The molecule has 1 amide bonds. The Kier molecular flexibility index (Phi) is 4.56. The van der Waals surface area contributed by atoms with E-state index in [2.05, 4.69) is 34.3 Å². The molecule has 0 atom stereocenters. The molecular formula is C18H18N4O2. The van der Waals surface area contributed by atoms with Crippen LogP contribution in [-0.4, -0.2) is 21.1 Å². The fraction of sp³-hybridized carbons (Fsp3) is 0.167. The van der Waals surface area contributed by atoms with Gasteiger partial charge in [-0.3, -0.25) is 14.9 Å². The molecular weight excluding hydrogens is 304 g/mol. The third-order valence-electron chi connectivity index (χ3n) is 3.46. The number of hydrogen-bond donors (Lipinski definition) is 2. The summed E-state index contributed by atoms with van der Waals surface area (Å²) in [6.07, 6.45) is 3.26. The van der Waals surface area contributed by atoms with Gasteiger partial charge >= 0.3 is 0 Å². The lowest BCUT2D eigenvalue weighted by atomic mass is 10.1. The lowest BCUT2D eigenvalue weighted by Gasteiger charge is -2.10. The Morgan fingerprint density at radius 3 is 2.75 bits per heavy atom. The molecule has 2 aromatic heterocycles. The summed E-state index contributed by atoms with van der Waals surface area (Å²) >= 11 is 0. The molecule has 0 aliphatic carbocycles. The van der Waals surface area contributed by atoms with Crippen molar-refractivity contribution < 1.29 is 9.53 Å². The summed E-state index contributed by atoms with van der Waals surface area (Å²) in [6.45, 7) is 4.10. The van der Waals surface area contributed by atoms with Crippen molar-refractivity contribution in [2.75, 3.05) is 5.32 Å². The van der Waals surface area contributed by atoms with Gasteiger partial charge < -0.3 is 10.1 Å². The first-order chi connectivity index (χ1) is 11.6. The predicted molar refractivity (Wildman–Crippen MR) is 91.4 cm³/mol. The van der Waals surface area contributed by atoms with Gasteiger partial charge in [-0.25, -0.2) is 0 Å². The van der Waals surface area contributed by atoms with Crippen LogP contribution in [0.1, 0.15) is 35.8 Å². The number of anilines is 1. The molecule has 3 rings (SSSR count). The number of carbonyl (C=O) groups excluding carboxylic acids is 1. The van der Waals surface area contributed by atoms with Gasteiger partial charge in [0.05, 0.1) is 11.8 Å². The van der Waals surface area contributed by atoms with Crippen LogP contribution >= 0.6 is 0 Å². The van der Waals surface area contributed by atoms with Gasteiger partial charge in [0.25, 0.3) is 5.91 Å². The van der Waals surface area contributed by atoms with Gasteiger partial charge in [0.1, 0.15) is 11.5 Å². The second-order valence-corrected chi connectivity index (χ2v) is 5.60. The zero-order valence-corrected chi connectivity index (χ0v) is 13.5. The van der Waals surface area contributed by atoms with Gasteiger partial charge in [0.15, 0.2) is 5.82 Å². The third-order valence-corrected chi connectivity index (χ3v) is 3.46. The monoisotopic (exact) mass is 322 g/mol. The first-order valence-electron chi connectivity index (χ1n) is 7.67. The maximum atomic E-state index is 12.5. The molecule has 24 heavy (non-hydrogen) atoms. The Morgan fingerprint density at radius 1 is 1.21 bits per heavy atom. The number of nitrogens with zero attached hydrogens (tertiary/aromatic N) is 2. The Balaban J connectivity index is 1.79.